The number of alkyl halides is 3. The Morgan fingerprint density at radius 3 is 2.73 bits per heavy atom. The summed E-state index contributed by atoms with van der Waals surface area (Å²) >= 11 is 1.41. The second kappa shape index (κ2) is 8.11. The highest BCUT2D eigenvalue weighted by atomic mass is 32.1. The van der Waals surface area contributed by atoms with Crippen LogP contribution in [0.2, 0.25) is 0 Å². The molecule has 10 heteroatoms. The van der Waals surface area contributed by atoms with Crippen LogP contribution in [0.1, 0.15) is 31.9 Å². The first kappa shape index (κ1) is 20.4. The normalized spacial score (nSPS) is 14.4. The number of carbonyl (C=O) groups excluding carboxylic acids is 1. The van der Waals surface area contributed by atoms with Crippen LogP contribution in [0.25, 0.3) is 0 Å². The maximum atomic E-state index is 14.0. The Kier molecular flexibility index (Phi) is 5.52. The molecule has 1 amide bonds. The number of nitrogens with one attached hydrogen (secondary N) is 1. The Morgan fingerprint density at radius 2 is 2.00 bits per heavy atom. The average Bonchev–Trinajstić information content (AvgIpc) is 3.13. The molecule has 2 aromatic heterocycles. The lowest BCUT2D eigenvalue weighted by Gasteiger charge is -2.27. The molecule has 0 aliphatic carbocycles. The topological polar surface area (TPSA) is 58.1 Å². The van der Waals surface area contributed by atoms with Crippen molar-refractivity contribution in [2.75, 3.05) is 11.9 Å². The number of amides is 1. The van der Waals surface area contributed by atoms with E-state index in [1.54, 1.807) is 17.8 Å². The maximum absolute atomic E-state index is 14.0. The third-order valence-corrected chi connectivity index (χ3v) is 5.85. The van der Waals surface area contributed by atoms with Crippen molar-refractivity contribution < 1.29 is 22.4 Å². The SMILES string of the molecule is O=C(Nc1cc(C(F)(F)F)ccc1F)c1csc2c1CCN(Cc1cncnc1)C2. The van der Waals surface area contributed by atoms with Gasteiger partial charge in [0, 0.05) is 47.8 Å². The van der Waals surface area contributed by atoms with Gasteiger partial charge in [0.15, 0.2) is 0 Å². The largest absolute Gasteiger partial charge is 0.416 e. The first-order valence-corrected chi connectivity index (χ1v) is 9.93. The summed E-state index contributed by atoms with van der Waals surface area (Å²) in [4.78, 5) is 23.9. The minimum atomic E-state index is -4.62. The zero-order chi connectivity index (χ0) is 21.3. The minimum Gasteiger partial charge on any atom is -0.319 e. The average molecular weight is 436 g/mol. The molecule has 0 atom stereocenters. The van der Waals surface area contributed by atoms with Crippen LogP contribution < -0.4 is 5.32 Å². The van der Waals surface area contributed by atoms with Crippen LogP contribution >= 0.6 is 11.3 Å². The van der Waals surface area contributed by atoms with Crippen molar-refractivity contribution in [2.45, 2.75) is 25.7 Å². The molecule has 0 unspecified atom stereocenters. The Hall–Kier alpha value is -2.85. The number of hydrogen-bond donors (Lipinski definition) is 1. The molecule has 1 aliphatic heterocycles. The van der Waals surface area contributed by atoms with E-state index in [4.69, 9.17) is 0 Å². The molecule has 3 aromatic rings. The summed E-state index contributed by atoms with van der Waals surface area (Å²) in [5.74, 6) is -1.53. The van der Waals surface area contributed by atoms with Crippen LogP contribution in [0.15, 0.2) is 42.3 Å². The molecule has 30 heavy (non-hydrogen) atoms. The second-order valence-electron chi connectivity index (χ2n) is 6.90. The molecule has 1 aliphatic rings. The van der Waals surface area contributed by atoms with Crippen molar-refractivity contribution in [3.8, 4) is 0 Å². The van der Waals surface area contributed by atoms with Gasteiger partial charge in [-0.25, -0.2) is 14.4 Å². The van der Waals surface area contributed by atoms with Gasteiger partial charge in [-0.05, 0) is 30.2 Å². The van der Waals surface area contributed by atoms with Crippen LogP contribution in [0.4, 0.5) is 23.2 Å². The fourth-order valence-corrected chi connectivity index (χ4v) is 4.48. The molecule has 0 radical (unpaired) electrons. The fourth-order valence-electron chi connectivity index (χ4n) is 3.36. The minimum absolute atomic E-state index is 0.370. The molecule has 5 nitrogen and oxygen atoms in total. The number of nitrogens with zero attached hydrogens (tertiary/aromatic N) is 3. The van der Waals surface area contributed by atoms with Gasteiger partial charge in [-0.3, -0.25) is 9.69 Å². The lowest BCUT2D eigenvalue weighted by atomic mass is 10.0. The lowest BCUT2D eigenvalue weighted by molar-refractivity contribution is -0.137. The van der Waals surface area contributed by atoms with Gasteiger partial charge in [0.1, 0.15) is 12.1 Å². The molecular formula is C20H16F4N4OS. The number of fused-ring (bicyclic) bond motifs is 1. The van der Waals surface area contributed by atoms with Crippen LogP contribution in [-0.4, -0.2) is 27.3 Å². The highest BCUT2D eigenvalue weighted by Gasteiger charge is 2.31. The molecular weight excluding hydrogens is 420 g/mol. The standard InChI is InChI=1S/C20H16F4N4OS/c21-16-2-1-13(20(22,23)24)5-17(16)27-19(29)15-10-30-18-9-28(4-3-14(15)18)8-12-6-25-11-26-7-12/h1-2,5-7,10-11H,3-4,8-9H2,(H,27,29). The number of carbonyl (C=O) groups is 1. The Morgan fingerprint density at radius 1 is 1.23 bits per heavy atom. The molecule has 156 valence electrons. The van der Waals surface area contributed by atoms with E-state index < -0.39 is 29.2 Å². The van der Waals surface area contributed by atoms with E-state index in [0.717, 1.165) is 16.0 Å². The van der Waals surface area contributed by atoms with E-state index in [2.05, 4.69) is 20.2 Å². The number of halogens is 4. The summed E-state index contributed by atoms with van der Waals surface area (Å²) in [6.45, 7) is 2.02. The molecule has 1 N–H and O–H groups in total. The van der Waals surface area contributed by atoms with Crippen molar-refractivity contribution >= 4 is 22.9 Å². The lowest BCUT2D eigenvalue weighted by Crippen LogP contribution is -2.30. The zero-order valence-electron chi connectivity index (χ0n) is 15.5. The predicted octanol–water partition coefficient (Wildman–Crippen LogP) is 4.51. The Labute approximate surface area is 173 Å². The molecule has 3 heterocycles. The van der Waals surface area contributed by atoms with Crippen molar-refractivity contribution in [1.29, 1.82) is 0 Å². The van der Waals surface area contributed by atoms with Gasteiger partial charge in [-0.2, -0.15) is 13.2 Å². The maximum Gasteiger partial charge on any atom is 0.416 e. The fraction of sp³-hybridized carbons (Fsp3) is 0.250. The first-order chi connectivity index (χ1) is 14.3. The van der Waals surface area contributed by atoms with Crippen molar-refractivity contribution in [3.05, 3.63) is 75.2 Å². The number of thiophene rings is 1. The van der Waals surface area contributed by atoms with Crippen LogP contribution in [-0.2, 0) is 25.7 Å². The zero-order valence-corrected chi connectivity index (χ0v) is 16.4. The molecule has 0 bridgehead atoms. The molecule has 0 fully saturated rings. The van der Waals surface area contributed by atoms with Crippen molar-refractivity contribution in [1.82, 2.24) is 14.9 Å². The van der Waals surface area contributed by atoms with Gasteiger partial charge in [-0.15, -0.1) is 11.3 Å². The number of hydrogen-bond acceptors (Lipinski definition) is 5. The van der Waals surface area contributed by atoms with Crippen molar-refractivity contribution in [3.63, 3.8) is 0 Å². The van der Waals surface area contributed by atoms with Gasteiger partial charge in [0.25, 0.3) is 5.91 Å². The molecule has 0 spiro atoms. The monoisotopic (exact) mass is 436 g/mol. The third kappa shape index (κ3) is 4.34. The Bertz CT molecular complexity index is 1070. The smallest absolute Gasteiger partial charge is 0.319 e. The predicted molar refractivity (Wildman–Crippen MR) is 104 cm³/mol. The van der Waals surface area contributed by atoms with E-state index in [-0.39, 0.29) is 0 Å². The van der Waals surface area contributed by atoms with Crippen LogP contribution in [0.3, 0.4) is 0 Å². The van der Waals surface area contributed by atoms with Gasteiger partial charge >= 0.3 is 6.18 Å². The molecule has 1 aromatic carbocycles. The van der Waals surface area contributed by atoms with Gasteiger partial charge < -0.3 is 5.32 Å². The summed E-state index contributed by atoms with van der Waals surface area (Å²) < 4.78 is 52.6. The van der Waals surface area contributed by atoms with Gasteiger partial charge in [0.2, 0.25) is 0 Å². The number of benzene rings is 1. The van der Waals surface area contributed by atoms with E-state index in [1.807, 2.05) is 0 Å². The Balaban J connectivity index is 1.49. The van der Waals surface area contributed by atoms with E-state index in [9.17, 15) is 22.4 Å². The summed E-state index contributed by atoms with van der Waals surface area (Å²) in [6.07, 6.45) is 0.955. The molecule has 4 rings (SSSR count). The van der Waals surface area contributed by atoms with Gasteiger partial charge in [0.05, 0.1) is 16.8 Å². The van der Waals surface area contributed by atoms with Crippen molar-refractivity contribution in [2.24, 2.45) is 0 Å². The van der Waals surface area contributed by atoms with Gasteiger partial charge in [-0.1, -0.05) is 0 Å². The summed E-state index contributed by atoms with van der Waals surface area (Å²) in [6, 6.07) is 1.95. The first-order valence-electron chi connectivity index (χ1n) is 9.05. The van der Waals surface area contributed by atoms with E-state index >= 15 is 0 Å². The summed E-state index contributed by atoms with van der Waals surface area (Å²) in [5, 5.41) is 3.96. The quantitative estimate of drug-likeness (QED) is 0.612. The highest BCUT2D eigenvalue weighted by Crippen LogP contribution is 2.33. The summed E-state index contributed by atoms with van der Waals surface area (Å²) in [5.41, 5.74) is 0.693. The van der Waals surface area contributed by atoms with E-state index in [0.29, 0.717) is 49.8 Å². The number of aromatic nitrogens is 2. The summed E-state index contributed by atoms with van der Waals surface area (Å²) in [7, 11) is 0. The number of anilines is 1. The molecule has 0 saturated carbocycles. The van der Waals surface area contributed by atoms with E-state index in [1.165, 1.54) is 17.7 Å². The number of rotatable bonds is 4. The van der Waals surface area contributed by atoms with Crippen LogP contribution in [0.5, 0.6) is 0 Å². The third-order valence-electron chi connectivity index (χ3n) is 4.83. The molecule has 0 saturated heterocycles. The second-order valence-corrected chi connectivity index (χ2v) is 7.87. The van der Waals surface area contributed by atoms with Crippen LogP contribution in [0, 0.1) is 5.82 Å². The highest BCUT2D eigenvalue weighted by molar-refractivity contribution is 7.10.